The summed E-state index contributed by atoms with van der Waals surface area (Å²) in [7, 11) is 1.72. The number of hydrogen-bond donors (Lipinski definition) is 0. The van der Waals surface area contributed by atoms with Gasteiger partial charge in [0.2, 0.25) is 5.91 Å². The van der Waals surface area contributed by atoms with E-state index in [2.05, 4.69) is 27.7 Å². The minimum absolute atomic E-state index is 0.0867. The third-order valence-electron chi connectivity index (χ3n) is 5.65. The second-order valence-corrected chi connectivity index (χ2v) is 8.52. The third-order valence-corrected chi connectivity index (χ3v) is 6.66. The molecule has 0 saturated heterocycles. The van der Waals surface area contributed by atoms with E-state index >= 15 is 0 Å². The summed E-state index contributed by atoms with van der Waals surface area (Å²) >= 11 is 1.33. The minimum Gasteiger partial charge on any atom is -0.337 e. The van der Waals surface area contributed by atoms with Crippen LogP contribution in [0.1, 0.15) is 40.5 Å². The summed E-state index contributed by atoms with van der Waals surface area (Å²) in [6.07, 6.45) is 1.83. The van der Waals surface area contributed by atoms with Crippen LogP contribution < -0.4 is 5.56 Å². The van der Waals surface area contributed by atoms with Crippen LogP contribution in [0.15, 0.2) is 46.3 Å². The lowest BCUT2D eigenvalue weighted by Gasteiger charge is -2.34. The molecule has 0 unspecified atom stereocenters. The standard InChI is InChI=1S/C23H29N3O2S/c1-6-15(3)26(16(4)7-2)21(27)14-29-23-24-20-13-18-11-9-8-10-17(18)12-19(20)22(28)25(23)5/h8-13,15-16H,6-7,14H2,1-5H3/t15-,16+. The first-order chi connectivity index (χ1) is 13.9. The summed E-state index contributed by atoms with van der Waals surface area (Å²) < 4.78 is 1.55. The molecular weight excluding hydrogens is 382 g/mol. The molecule has 1 amide bonds. The zero-order valence-corrected chi connectivity index (χ0v) is 18.6. The number of carbonyl (C=O) groups is 1. The number of rotatable bonds is 7. The van der Waals surface area contributed by atoms with E-state index in [9.17, 15) is 9.59 Å². The first-order valence-corrected chi connectivity index (χ1v) is 11.2. The molecule has 0 aliphatic heterocycles. The number of fused-ring (bicyclic) bond motifs is 2. The molecule has 0 aliphatic carbocycles. The summed E-state index contributed by atoms with van der Waals surface area (Å²) in [6, 6.07) is 12.2. The Morgan fingerprint density at radius 2 is 1.69 bits per heavy atom. The van der Waals surface area contributed by atoms with Gasteiger partial charge in [0.15, 0.2) is 5.16 Å². The molecule has 0 aliphatic rings. The van der Waals surface area contributed by atoms with E-state index in [1.807, 2.05) is 41.3 Å². The van der Waals surface area contributed by atoms with Crippen LogP contribution in [0.5, 0.6) is 0 Å². The number of benzene rings is 2. The Balaban J connectivity index is 1.91. The predicted molar refractivity (Wildman–Crippen MR) is 122 cm³/mol. The van der Waals surface area contributed by atoms with Gasteiger partial charge in [-0.2, -0.15) is 0 Å². The van der Waals surface area contributed by atoms with Crippen LogP contribution in [0, 0.1) is 0 Å². The van der Waals surface area contributed by atoms with E-state index in [1.54, 1.807) is 11.6 Å². The van der Waals surface area contributed by atoms with Crippen molar-refractivity contribution in [2.24, 2.45) is 7.05 Å². The monoisotopic (exact) mass is 411 g/mol. The molecule has 0 bridgehead atoms. The van der Waals surface area contributed by atoms with Gasteiger partial charge < -0.3 is 4.90 Å². The summed E-state index contributed by atoms with van der Waals surface area (Å²) in [4.78, 5) is 32.5. The Labute approximate surface area is 176 Å². The Morgan fingerprint density at radius 1 is 1.10 bits per heavy atom. The average Bonchev–Trinajstić information content (AvgIpc) is 2.73. The van der Waals surface area contributed by atoms with Crippen molar-refractivity contribution in [1.29, 1.82) is 0 Å². The molecule has 2 aromatic carbocycles. The number of thioether (sulfide) groups is 1. The van der Waals surface area contributed by atoms with Gasteiger partial charge >= 0.3 is 0 Å². The largest absolute Gasteiger partial charge is 0.337 e. The Kier molecular flexibility index (Phi) is 6.63. The molecule has 3 aromatic rings. The fraction of sp³-hybridized carbons (Fsp3) is 0.435. The Bertz CT molecular complexity index is 1080. The Morgan fingerprint density at radius 3 is 2.28 bits per heavy atom. The van der Waals surface area contributed by atoms with Crippen LogP contribution in [-0.2, 0) is 11.8 Å². The normalized spacial score (nSPS) is 13.6. The molecule has 3 rings (SSSR count). The fourth-order valence-corrected chi connectivity index (χ4v) is 4.43. The lowest BCUT2D eigenvalue weighted by molar-refractivity contribution is -0.132. The van der Waals surface area contributed by atoms with Crippen molar-refractivity contribution in [3.8, 4) is 0 Å². The minimum atomic E-state index is -0.0867. The number of carbonyl (C=O) groups excluding carboxylic acids is 1. The van der Waals surface area contributed by atoms with Crippen molar-refractivity contribution < 1.29 is 4.79 Å². The van der Waals surface area contributed by atoms with Crippen molar-refractivity contribution in [3.63, 3.8) is 0 Å². The van der Waals surface area contributed by atoms with Crippen molar-refractivity contribution in [2.75, 3.05) is 5.75 Å². The summed E-state index contributed by atoms with van der Waals surface area (Å²) in [5.74, 6) is 0.361. The number of hydrogen-bond acceptors (Lipinski definition) is 4. The molecule has 6 heteroatoms. The molecule has 154 valence electrons. The molecule has 5 nitrogen and oxygen atoms in total. The second kappa shape index (κ2) is 8.99. The highest BCUT2D eigenvalue weighted by molar-refractivity contribution is 7.99. The summed E-state index contributed by atoms with van der Waals surface area (Å²) in [5.41, 5.74) is 0.582. The van der Waals surface area contributed by atoms with Crippen molar-refractivity contribution >= 4 is 39.3 Å². The SMILES string of the molecule is CC[C@@H](C)N(C(=O)CSc1nc2cc3ccccc3cc2c(=O)n1C)[C@@H](C)CC. The molecule has 0 saturated carbocycles. The Hall–Kier alpha value is -2.34. The summed E-state index contributed by atoms with van der Waals surface area (Å²) in [6.45, 7) is 8.37. The predicted octanol–water partition coefficient (Wildman–Crippen LogP) is 4.60. The molecule has 0 spiro atoms. The van der Waals surface area contributed by atoms with Gasteiger partial charge in [-0.25, -0.2) is 4.98 Å². The van der Waals surface area contributed by atoms with E-state index in [0.717, 1.165) is 23.6 Å². The first kappa shape index (κ1) is 21.4. The zero-order chi connectivity index (χ0) is 21.1. The lowest BCUT2D eigenvalue weighted by Crippen LogP contribution is -2.45. The van der Waals surface area contributed by atoms with Crippen molar-refractivity contribution in [1.82, 2.24) is 14.5 Å². The molecule has 0 radical (unpaired) electrons. The number of amides is 1. The van der Waals surface area contributed by atoms with E-state index in [-0.39, 0.29) is 29.3 Å². The first-order valence-electron chi connectivity index (χ1n) is 10.2. The van der Waals surface area contributed by atoms with Gasteiger partial charge in [0, 0.05) is 19.1 Å². The fourth-order valence-electron chi connectivity index (χ4n) is 3.59. The molecule has 0 N–H and O–H groups in total. The maximum Gasteiger partial charge on any atom is 0.261 e. The van der Waals surface area contributed by atoms with Gasteiger partial charge in [0.05, 0.1) is 16.7 Å². The molecule has 1 aromatic heterocycles. The van der Waals surface area contributed by atoms with Crippen LogP contribution in [0.4, 0.5) is 0 Å². The average molecular weight is 412 g/mol. The van der Waals surface area contributed by atoms with E-state index in [0.29, 0.717) is 16.1 Å². The molecular formula is C23H29N3O2S. The molecule has 1 heterocycles. The topological polar surface area (TPSA) is 55.2 Å². The molecule has 2 atom stereocenters. The molecule has 0 fully saturated rings. The number of nitrogens with zero attached hydrogens (tertiary/aromatic N) is 3. The highest BCUT2D eigenvalue weighted by atomic mass is 32.2. The van der Waals surface area contributed by atoms with Gasteiger partial charge in [-0.05, 0) is 49.6 Å². The number of aromatic nitrogens is 2. The zero-order valence-electron chi connectivity index (χ0n) is 17.8. The van der Waals surface area contributed by atoms with Crippen LogP contribution in [-0.4, -0.2) is 38.2 Å². The molecule has 29 heavy (non-hydrogen) atoms. The van der Waals surface area contributed by atoms with Crippen LogP contribution in [0.2, 0.25) is 0 Å². The van der Waals surface area contributed by atoms with Gasteiger partial charge in [-0.1, -0.05) is 49.9 Å². The third kappa shape index (κ3) is 4.32. The lowest BCUT2D eigenvalue weighted by atomic mass is 10.1. The second-order valence-electron chi connectivity index (χ2n) is 7.58. The quantitative estimate of drug-likeness (QED) is 0.324. The maximum absolute atomic E-state index is 12.9. The van der Waals surface area contributed by atoms with Gasteiger partial charge in [0.25, 0.3) is 5.56 Å². The van der Waals surface area contributed by atoms with E-state index in [4.69, 9.17) is 4.98 Å². The maximum atomic E-state index is 12.9. The van der Waals surface area contributed by atoms with Crippen LogP contribution >= 0.6 is 11.8 Å². The van der Waals surface area contributed by atoms with Crippen molar-refractivity contribution in [2.45, 2.75) is 57.8 Å². The van der Waals surface area contributed by atoms with E-state index < -0.39 is 0 Å². The van der Waals surface area contributed by atoms with Gasteiger partial charge in [-0.15, -0.1) is 0 Å². The summed E-state index contributed by atoms with van der Waals surface area (Å²) in [5, 5.41) is 3.24. The van der Waals surface area contributed by atoms with Gasteiger partial charge in [0.1, 0.15) is 0 Å². The highest BCUT2D eigenvalue weighted by Gasteiger charge is 2.24. The van der Waals surface area contributed by atoms with E-state index in [1.165, 1.54) is 11.8 Å². The van der Waals surface area contributed by atoms with Crippen LogP contribution in [0.3, 0.4) is 0 Å². The smallest absolute Gasteiger partial charge is 0.261 e. The van der Waals surface area contributed by atoms with Crippen molar-refractivity contribution in [3.05, 3.63) is 46.8 Å². The highest BCUT2D eigenvalue weighted by Crippen LogP contribution is 2.23. The van der Waals surface area contributed by atoms with Gasteiger partial charge in [-0.3, -0.25) is 14.2 Å². The van der Waals surface area contributed by atoms with Crippen LogP contribution in [0.25, 0.3) is 21.7 Å².